The molecule has 3 heterocycles. The SMILES string of the molecule is CS(=O)(=O)NC(CCC1CCNCC1)C(=O)N1CC(OCc2ccc(Cl)cc2)CC1C(=O)NC(CCCCN)C(=O)c1nc2ccccc2o1. The Morgan fingerprint density at radius 1 is 1.08 bits per heavy atom. The van der Waals surface area contributed by atoms with E-state index < -0.39 is 51.9 Å². The summed E-state index contributed by atoms with van der Waals surface area (Å²) < 4.78 is 39.4. The number of carbonyl (C=O) groups excluding carboxylic acids is 3. The number of fused-ring (bicyclic) bond motifs is 1. The molecule has 3 aromatic rings. The molecule has 1 aromatic heterocycles. The number of hydrogen-bond acceptors (Lipinski definition) is 10. The smallest absolute Gasteiger partial charge is 0.266 e. The lowest BCUT2D eigenvalue weighted by atomic mass is 9.91. The van der Waals surface area contributed by atoms with E-state index in [9.17, 15) is 22.8 Å². The van der Waals surface area contributed by atoms with Crippen LogP contribution in [0.5, 0.6) is 0 Å². The molecule has 13 nitrogen and oxygen atoms in total. The molecule has 0 radical (unpaired) electrons. The summed E-state index contributed by atoms with van der Waals surface area (Å²) >= 11 is 6.04. The van der Waals surface area contributed by atoms with Gasteiger partial charge in [-0.25, -0.2) is 18.1 Å². The van der Waals surface area contributed by atoms with Crippen molar-refractivity contribution in [3.8, 4) is 0 Å². The van der Waals surface area contributed by atoms with Crippen LogP contribution in [0.15, 0.2) is 52.9 Å². The number of piperidine rings is 1. The highest BCUT2D eigenvalue weighted by atomic mass is 35.5. The third kappa shape index (κ3) is 10.6. The van der Waals surface area contributed by atoms with Gasteiger partial charge in [0.15, 0.2) is 5.58 Å². The quantitative estimate of drug-likeness (QED) is 0.119. The highest BCUT2D eigenvalue weighted by Crippen LogP contribution is 2.27. The van der Waals surface area contributed by atoms with Gasteiger partial charge in [-0.05, 0) is 100 Å². The maximum atomic E-state index is 14.3. The number of ketones is 1. The van der Waals surface area contributed by atoms with Gasteiger partial charge in [0, 0.05) is 18.0 Å². The Morgan fingerprint density at radius 2 is 1.82 bits per heavy atom. The molecule has 5 rings (SSSR count). The maximum Gasteiger partial charge on any atom is 0.266 e. The number of para-hydroxylation sites is 2. The molecular formula is C35H47ClN6O7S. The van der Waals surface area contributed by atoms with E-state index in [1.54, 1.807) is 36.4 Å². The zero-order valence-electron chi connectivity index (χ0n) is 28.3. The molecule has 0 spiro atoms. The summed E-state index contributed by atoms with van der Waals surface area (Å²) in [6.07, 6.45) is 4.94. The molecule has 50 heavy (non-hydrogen) atoms. The molecule has 0 aliphatic carbocycles. The zero-order chi connectivity index (χ0) is 35.7. The van der Waals surface area contributed by atoms with Crippen molar-refractivity contribution in [1.82, 2.24) is 25.2 Å². The van der Waals surface area contributed by atoms with Crippen LogP contribution in [0, 0.1) is 5.92 Å². The molecule has 2 aliphatic rings. The van der Waals surface area contributed by atoms with Crippen LogP contribution in [0.1, 0.15) is 67.6 Å². The number of benzene rings is 2. The molecule has 2 aliphatic heterocycles. The van der Waals surface area contributed by atoms with E-state index in [2.05, 4.69) is 20.3 Å². The fraction of sp³-hybridized carbons (Fsp3) is 0.543. The Bertz CT molecular complexity index is 1680. The molecule has 0 bridgehead atoms. The van der Waals surface area contributed by atoms with Gasteiger partial charge in [0.2, 0.25) is 27.6 Å². The van der Waals surface area contributed by atoms with Crippen LogP contribution in [0.4, 0.5) is 0 Å². The number of likely N-dealkylation sites (tertiary alicyclic amines) is 1. The second-order valence-corrected chi connectivity index (χ2v) is 15.4. The van der Waals surface area contributed by atoms with Crippen LogP contribution in [-0.4, -0.2) is 92.6 Å². The topological polar surface area (TPSA) is 186 Å². The lowest BCUT2D eigenvalue weighted by Gasteiger charge is -2.30. The Hall–Kier alpha value is -3.40. The lowest BCUT2D eigenvalue weighted by molar-refractivity contribution is -0.140. The van der Waals surface area contributed by atoms with E-state index in [-0.39, 0.29) is 38.3 Å². The van der Waals surface area contributed by atoms with Gasteiger partial charge >= 0.3 is 0 Å². The van der Waals surface area contributed by atoms with Gasteiger partial charge in [-0.15, -0.1) is 0 Å². The Morgan fingerprint density at radius 3 is 2.52 bits per heavy atom. The molecule has 2 aromatic carbocycles. The minimum absolute atomic E-state index is 0.0662. The highest BCUT2D eigenvalue weighted by molar-refractivity contribution is 7.88. The predicted octanol–water partition coefficient (Wildman–Crippen LogP) is 3.16. The van der Waals surface area contributed by atoms with Crippen molar-refractivity contribution in [2.75, 3.05) is 32.4 Å². The number of halogens is 1. The normalized spacial score (nSPS) is 19.8. The van der Waals surface area contributed by atoms with Crippen molar-refractivity contribution in [2.45, 2.75) is 82.2 Å². The first-order valence-corrected chi connectivity index (χ1v) is 19.5. The number of oxazole rings is 1. The molecule has 2 fully saturated rings. The fourth-order valence-electron chi connectivity index (χ4n) is 6.63. The summed E-state index contributed by atoms with van der Waals surface area (Å²) in [6.45, 7) is 2.45. The summed E-state index contributed by atoms with van der Waals surface area (Å²) in [6, 6.07) is 11.1. The number of Topliss-reactive ketones (excluding diaryl/α,β-unsaturated/α-hetero) is 1. The monoisotopic (exact) mass is 730 g/mol. The number of nitrogens with zero attached hydrogens (tertiary/aromatic N) is 2. The first-order chi connectivity index (χ1) is 24.0. The minimum Gasteiger partial charge on any atom is -0.434 e. The number of rotatable bonds is 17. The van der Waals surface area contributed by atoms with E-state index >= 15 is 0 Å². The van der Waals surface area contributed by atoms with Crippen molar-refractivity contribution >= 4 is 50.3 Å². The molecule has 4 unspecified atom stereocenters. The van der Waals surface area contributed by atoms with Crippen molar-refractivity contribution in [3.63, 3.8) is 0 Å². The van der Waals surface area contributed by atoms with Gasteiger partial charge in [0.05, 0.1) is 25.0 Å². The largest absolute Gasteiger partial charge is 0.434 e. The second kappa shape index (κ2) is 17.7. The number of sulfonamides is 1. The molecule has 5 N–H and O–H groups in total. The second-order valence-electron chi connectivity index (χ2n) is 13.2. The summed E-state index contributed by atoms with van der Waals surface area (Å²) in [5.74, 6) is -1.31. The van der Waals surface area contributed by atoms with Gasteiger partial charge in [0.25, 0.3) is 5.89 Å². The van der Waals surface area contributed by atoms with E-state index in [0.717, 1.165) is 37.8 Å². The van der Waals surface area contributed by atoms with Crippen LogP contribution >= 0.6 is 11.6 Å². The van der Waals surface area contributed by atoms with Crippen molar-refractivity contribution < 1.29 is 32.0 Å². The summed E-state index contributed by atoms with van der Waals surface area (Å²) in [7, 11) is -3.76. The average Bonchev–Trinajstić information content (AvgIpc) is 3.74. The maximum absolute atomic E-state index is 14.3. The fourth-order valence-corrected chi connectivity index (χ4v) is 7.49. The van der Waals surface area contributed by atoms with Crippen LogP contribution in [0.3, 0.4) is 0 Å². The standard InChI is InChI=1S/C35H47ClN6O7S/c1-50(46,47)41-29(14-11-23-15-18-38-19-16-23)35(45)42-21-26(48-22-24-9-12-25(36)13-10-24)20-30(42)33(44)39-28(7-4-5-17-37)32(43)34-40-27-6-2-3-8-31(27)49-34/h2-3,6,8-10,12-13,23,26,28-30,38,41H,4-5,7,11,14-22,37H2,1H3,(H,39,44). The van der Waals surface area contributed by atoms with Crippen LogP contribution in [-0.2, 0) is 31.0 Å². The number of unbranched alkanes of at least 4 members (excludes halogenated alkanes) is 1. The molecule has 2 amide bonds. The van der Waals surface area contributed by atoms with Crippen molar-refractivity contribution in [3.05, 3.63) is 65.0 Å². The van der Waals surface area contributed by atoms with E-state index in [1.807, 2.05) is 12.1 Å². The van der Waals surface area contributed by atoms with Crippen LogP contribution < -0.4 is 21.1 Å². The number of ether oxygens (including phenoxy) is 1. The molecule has 0 saturated carbocycles. The molecule has 4 atom stereocenters. The van der Waals surface area contributed by atoms with Gasteiger partial charge in [-0.1, -0.05) is 35.9 Å². The third-order valence-corrected chi connectivity index (χ3v) is 10.3. The van der Waals surface area contributed by atoms with Gasteiger partial charge in [-0.2, -0.15) is 0 Å². The molecule has 272 valence electrons. The summed E-state index contributed by atoms with van der Waals surface area (Å²) in [5.41, 5.74) is 7.55. The van der Waals surface area contributed by atoms with Gasteiger partial charge in [0.1, 0.15) is 17.6 Å². The Balaban J connectivity index is 1.37. The average molecular weight is 731 g/mol. The van der Waals surface area contributed by atoms with E-state index in [4.69, 9.17) is 26.5 Å². The minimum atomic E-state index is -3.76. The number of carbonyl (C=O) groups is 3. The summed E-state index contributed by atoms with van der Waals surface area (Å²) in [4.78, 5) is 47.8. The number of hydrogen-bond donors (Lipinski definition) is 4. The Labute approximate surface area is 298 Å². The number of nitrogens with two attached hydrogens (primary N) is 1. The van der Waals surface area contributed by atoms with E-state index in [1.165, 1.54) is 4.90 Å². The zero-order valence-corrected chi connectivity index (χ0v) is 29.9. The third-order valence-electron chi connectivity index (χ3n) is 9.31. The Kier molecular flexibility index (Phi) is 13.4. The molecule has 15 heteroatoms. The first-order valence-electron chi connectivity index (χ1n) is 17.3. The lowest BCUT2D eigenvalue weighted by Crippen LogP contribution is -2.55. The van der Waals surface area contributed by atoms with Crippen LogP contribution in [0.2, 0.25) is 5.02 Å². The van der Waals surface area contributed by atoms with Gasteiger partial charge < -0.3 is 30.4 Å². The van der Waals surface area contributed by atoms with Crippen molar-refractivity contribution in [1.29, 1.82) is 0 Å². The van der Waals surface area contributed by atoms with Crippen LogP contribution in [0.25, 0.3) is 11.1 Å². The first kappa shape index (κ1) is 37.8. The molecule has 2 saturated heterocycles. The summed E-state index contributed by atoms with van der Waals surface area (Å²) in [5, 5.41) is 6.79. The molecular weight excluding hydrogens is 684 g/mol. The number of nitrogens with one attached hydrogen (secondary N) is 3. The van der Waals surface area contributed by atoms with Crippen molar-refractivity contribution in [2.24, 2.45) is 11.7 Å². The predicted molar refractivity (Wildman–Crippen MR) is 190 cm³/mol. The number of amides is 2. The number of aromatic nitrogens is 1. The van der Waals surface area contributed by atoms with E-state index in [0.29, 0.717) is 47.8 Å². The van der Waals surface area contributed by atoms with Gasteiger partial charge in [-0.3, -0.25) is 14.4 Å². The highest BCUT2D eigenvalue weighted by Gasteiger charge is 2.44.